The van der Waals surface area contributed by atoms with Crippen molar-refractivity contribution in [3.63, 3.8) is 0 Å². The van der Waals surface area contributed by atoms with Gasteiger partial charge in [0.05, 0.1) is 6.04 Å². The van der Waals surface area contributed by atoms with Crippen molar-refractivity contribution in [1.29, 1.82) is 0 Å². The monoisotopic (exact) mass is 360 g/mol. The summed E-state index contributed by atoms with van der Waals surface area (Å²) in [4.78, 5) is 9.22. The first kappa shape index (κ1) is 17.8. The lowest BCUT2D eigenvalue weighted by molar-refractivity contribution is 0.598. The Bertz CT molecular complexity index is 868. The Kier molecular flexibility index (Phi) is 5.23. The quantitative estimate of drug-likeness (QED) is 0.754. The zero-order valence-electron chi connectivity index (χ0n) is 16.2. The van der Waals surface area contributed by atoms with Crippen molar-refractivity contribution in [3.8, 4) is 0 Å². The molecule has 1 aromatic heterocycles. The number of nitrogens with one attached hydrogen (secondary N) is 2. The minimum atomic E-state index is 0.235. The fourth-order valence-electron chi connectivity index (χ4n) is 4.06. The highest BCUT2D eigenvalue weighted by Gasteiger charge is 2.20. The Balaban J connectivity index is 1.51. The van der Waals surface area contributed by atoms with Crippen molar-refractivity contribution in [1.82, 2.24) is 9.97 Å². The average Bonchev–Trinajstić information content (AvgIpc) is 2.68. The molecule has 0 saturated heterocycles. The number of hydrogen-bond acceptors (Lipinski definition) is 4. The molecular weight excluding hydrogens is 332 g/mol. The van der Waals surface area contributed by atoms with E-state index < -0.39 is 0 Å². The van der Waals surface area contributed by atoms with Crippen LogP contribution >= 0.6 is 0 Å². The molecule has 0 amide bonds. The van der Waals surface area contributed by atoms with Gasteiger partial charge in [0, 0.05) is 12.1 Å². The van der Waals surface area contributed by atoms with Gasteiger partial charge >= 0.3 is 0 Å². The molecule has 27 heavy (non-hydrogen) atoms. The molecule has 2 aromatic rings. The molecule has 1 aromatic carbocycles. The van der Waals surface area contributed by atoms with Gasteiger partial charge in [0.1, 0.15) is 17.5 Å². The molecule has 0 fully saturated rings. The molecule has 0 spiro atoms. The van der Waals surface area contributed by atoms with Crippen LogP contribution in [0.1, 0.15) is 55.6 Å². The third-order valence-corrected chi connectivity index (χ3v) is 5.42. The summed E-state index contributed by atoms with van der Waals surface area (Å²) in [5, 5.41) is 7.19. The Morgan fingerprint density at radius 3 is 2.81 bits per heavy atom. The van der Waals surface area contributed by atoms with E-state index in [9.17, 15) is 0 Å². The lowest BCUT2D eigenvalue weighted by atomic mass is 9.88. The maximum absolute atomic E-state index is 4.63. The van der Waals surface area contributed by atoms with Gasteiger partial charge < -0.3 is 10.6 Å². The van der Waals surface area contributed by atoms with E-state index in [1.165, 1.54) is 29.5 Å². The molecule has 4 heteroatoms. The number of aryl methyl sites for hydroxylation is 2. The van der Waals surface area contributed by atoms with Crippen molar-refractivity contribution in [2.75, 3.05) is 10.6 Å². The fraction of sp³-hybridized carbons (Fsp3) is 0.391. The number of aromatic nitrogens is 2. The van der Waals surface area contributed by atoms with Crippen molar-refractivity contribution in [2.24, 2.45) is 0 Å². The van der Waals surface area contributed by atoms with Gasteiger partial charge in [-0.05, 0) is 62.7 Å². The molecule has 2 N–H and O–H groups in total. The van der Waals surface area contributed by atoms with Gasteiger partial charge in [0.25, 0.3) is 0 Å². The summed E-state index contributed by atoms with van der Waals surface area (Å²) in [6.45, 7) is 4.14. The number of hydrogen-bond donors (Lipinski definition) is 2. The molecule has 0 radical (unpaired) electrons. The number of fused-ring (bicyclic) bond motifs is 1. The maximum Gasteiger partial charge on any atom is 0.132 e. The highest BCUT2D eigenvalue weighted by molar-refractivity contribution is 5.51. The Morgan fingerprint density at radius 1 is 1.11 bits per heavy atom. The predicted molar refractivity (Wildman–Crippen MR) is 112 cm³/mol. The third-order valence-electron chi connectivity index (χ3n) is 5.42. The van der Waals surface area contributed by atoms with Gasteiger partial charge in [-0.15, -0.1) is 0 Å². The smallest absolute Gasteiger partial charge is 0.132 e. The SMILES string of the molecule is Cc1nc(NC(C)C2=CCCC=C2)cc(NC2CCCc3ccccc32)n1. The summed E-state index contributed by atoms with van der Waals surface area (Å²) in [6, 6.07) is 11.3. The fourth-order valence-corrected chi connectivity index (χ4v) is 4.06. The molecule has 2 unspecified atom stereocenters. The van der Waals surface area contributed by atoms with Crippen LogP contribution in [0.5, 0.6) is 0 Å². The number of rotatable bonds is 5. The Morgan fingerprint density at radius 2 is 1.96 bits per heavy atom. The van der Waals surface area contributed by atoms with Crippen molar-refractivity contribution in [3.05, 3.63) is 71.1 Å². The van der Waals surface area contributed by atoms with Crippen molar-refractivity contribution < 1.29 is 0 Å². The number of benzene rings is 1. The zero-order valence-corrected chi connectivity index (χ0v) is 16.2. The second kappa shape index (κ2) is 7.95. The molecule has 4 rings (SSSR count). The van der Waals surface area contributed by atoms with Gasteiger partial charge in [-0.25, -0.2) is 9.97 Å². The van der Waals surface area contributed by atoms with E-state index >= 15 is 0 Å². The van der Waals surface area contributed by atoms with E-state index in [4.69, 9.17) is 0 Å². The van der Waals surface area contributed by atoms with E-state index in [0.29, 0.717) is 6.04 Å². The molecular formula is C23H28N4. The summed E-state index contributed by atoms with van der Waals surface area (Å²) in [5.74, 6) is 2.56. The summed E-state index contributed by atoms with van der Waals surface area (Å²) >= 11 is 0. The van der Waals surface area contributed by atoms with Gasteiger partial charge in [-0.2, -0.15) is 0 Å². The first-order valence-electron chi connectivity index (χ1n) is 10.0. The second-order valence-electron chi connectivity index (χ2n) is 7.52. The molecule has 2 atom stereocenters. The van der Waals surface area contributed by atoms with Crippen LogP contribution in [-0.2, 0) is 6.42 Å². The van der Waals surface area contributed by atoms with E-state index in [0.717, 1.165) is 36.7 Å². The van der Waals surface area contributed by atoms with E-state index in [1.807, 2.05) is 13.0 Å². The normalized spacial score (nSPS) is 19.8. The molecule has 0 saturated carbocycles. The Hall–Kier alpha value is -2.62. The van der Waals surface area contributed by atoms with E-state index in [2.05, 4.69) is 70.0 Å². The number of anilines is 2. The average molecular weight is 361 g/mol. The largest absolute Gasteiger partial charge is 0.363 e. The molecule has 1 heterocycles. The van der Waals surface area contributed by atoms with Gasteiger partial charge in [0.15, 0.2) is 0 Å². The van der Waals surface area contributed by atoms with E-state index in [-0.39, 0.29) is 6.04 Å². The number of allylic oxidation sites excluding steroid dienone is 2. The lowest BCUT2D eigenvalue weighted by Gasteiger charge is -2.27. The molecule has 0 aliphatic heterocycles. The van der Waals surface area contributed by atoms with Crippen LogP contribution in [0.25, 0.3) is 0 Å². The highest BCUT2D eigenvalue weighted by Crippen LogP contribution is 2.32. The van der Waals surface area contributed by atoms with Crippen LogP contribution in [0.15, 0.2) is 54.1 Å². The minimum absolute atomic E-state index is 0.235. The topological polar surface area (TPSA) is 49.8 Å². The molecule has 140 valence electrons. The van der Waals surface area contributed by atoms with Gasteiger partial charge in [-0.1, -0.05) is 42.5 Å². The Labute approximate surface area is 161 Å². The number of nitrogens with zero attached hydrogens (tertiary/aromatic N) is 2. The van der Waals surface area contributed by atoms with Crippen LogP contribution in [-0.4, -0.2) is 16.0 Å². The zero-order chi connectivity index (χ0) is 18.6. The standard InChI is InChI=1S/C23H28N4/c1-16(18-9-4-3-5-10-18)24-22-15-23(26-17(2)25-22)27-21-14-8-12-19-11-6-7-13-20(19)21/h4,6-7,9-11,13,15-16,21H,3,5,8,12,14H2,1-2H3,(H2,24,25,26,27). The summed E-state index contributed by atoms with van der Waals surface area (Å²) in [5.41, 5.74) is 4.18. The summed E-state index contributed by atoms with van der Waals surface area (Å²) < 4.78 is 0. The molecule has 2 aliphatic carbocycles. The van der Waals surface area contributed by atoms with Crippen LogP contribution in [0, 0.1) is 6.92 Å². The van der Waals surface area contributed by atoms with E-state index in [1.54, 1.807) is 0 Å². The maximum atomic E-state index is 4.63. The van der Waals surface area contributed by atoms with Gasteiger partial charge in [-0.3, -0.25) is 0 Å². The predicted octanol–water partition coefficient (Wildman–Crippen LogP) is 5.35. The first-order valence-corrected chi connectivity index (χ1v) is 10.0. The third kappa shape index (κ3) is 4.21. The van der Waals surface area contributed by atoms with Gasteiger partial charge in [0.2, 0.25) is 0 Å². The lowest BCUT2D eigenvalue weighted by Crippen LogP contribution is -2.20. The molecule has 0 bridgehead atoms. The highest BCUT2D eigenvalue weighted by atomic mass is 15.1. The molecule has 4 nitrogen and oxygen atoms in total. The first-order chi connectivity index (χ1) is 13.2. The van der Waals surface area contributed by atoms with Crippen LogP contribution < -0.4 is 10.6 Å². The van der Waals surface area contributed by atoms with Crippen LogP contribution in [0.3, 0.4) is 0 Å². The van der Waals surface area contributed by atoms with Crippen molar-refractivity contribution in [2.45, 2.75) is 58.0 Å². The summed E-state index contributed by atoms with van der Waals surface area (Å²) in [6.07, 6.45) is 12.5. The molecule has 2 aliphatic rings. The van der Waals surface area contributed by atoms with Crippen LogP contribution in [0.2, 0.25) is 0 Å². The van der Waals surface area contributed by atoms with Crippen molar-refractivity contribution >= 4 is 11.6 Å². The minimum Gasteiger partial charge on any atom is -0.363 e. The van der Waals surface area contributed by atoms with Crippen LogP contribution in [0.4, 0.5) is 11.6 Å². The second-order valence-corrected chi connectivity index (χ2v) is 7.52. The summed E-state index contributed by atoms with van der Waals surface area (Å²) in [7, 11) is 0.